The molecule has 2 amide bonds. The van der Waals surface area contributed by atoms with Crippen molar-refractivity contribution in [1.82, 2.24) is 14.7 Å². The summed E-state index contributed by atoms with van der Waals surface area (Å²) in [6, 6.07) is 17.0. The van der Waals surface area contributed by atoms with Crippen molar-refractivity contribution in [3.63, 3.8) is 0 Å². The van der Waals surface area contributed by atoms with Crippen molar-refractivity contribution in [3.8, 4) is 28.8 Å². The van der Waals surface area contributed by atoms with Crippen LogP contribution in [-0.4, -0.2) is 39.6 Å². The topological polar surface area (TPSA) is 88.2 Å². The van der Waals surface area contributed by atoms with Crippen LogP contribution in [0.2, 0.25) is 5.02 Å². The first kappa shape index (κ1) is 25.0. The molecule has 0 fully saturated rings. The van der Waals surface area contributed by atoms with E-state index in [0.29, 0.717) is 40.6 Å². The first-order valence-electron chi connectivity index (χ1n) is 11.7. The molecule has 7 nitrogen and oxygen atoms in total. The summed E-state index contributed by atoms with van der Waals surface area (Å²) in [5.74, 6) is -0.419. The molecule has 0 spiro atoms. The molecule has 0 saturated heterocycles. The lowest BCUT2D eigenvalue weighted by Gasteiger charge is -2.27. The Labute approximate surface area is 214 Å². The number of imide groups is 1. The molecule has 1 aliphatic rings. The Morgan fingerprint density at radius 1 is 1.11 bits per heavy atom. The van der Waals surface area contributed by atoms with Crippen LogP contribution >= 0.6 is 11.6 Å². The molecule has 182 valence electrons. The number of ether oxygens (including phenoxy) is 1. The summed E-state index contributed by atoms with van der Waals surface area (Å²) in [5, 5.41) is 14.9. The van der Waals surface area contributed by atoms with Crippen LogP contribution in [-0.2, 0) is 9.59 Å². The van der Waals surface area contributed by atoms with Gasteiger partial charge in [-0.25, -0.2) is 4.68 Å². The number of rotatable bonds is 7. The summed E-state index contributed by atoms with van der Waals surface area (Å²) >= 11 is 6.46. The minimum atomic E-state index is -0.558. The zero-order valence-corrected chi connectivity index (χ0v) is 21.0. The van der Waals surface area contributed by atoms with E-state index in [9.17, 15) is 14.9 Å². The summed E-state index contributed by atoms with van der Waals surface area (Å²) in [6.07, 6.45) is 4.09. The molecule has 0 saturated carbocycles. The van der Waals surface area contributed by atoms with Gasteiger partial charge in [-0.1, -0.05) is 36.7 Å². The third-order valence-corrected chi connectivity index (χ3v) is 6.14. The van der Waals surface area contributed by atoms with E-state index in [1.54, 1.807) is 29.8 Å². The number of aromatic nitrogens is 2. The molecular weight excluding hydrogens is 476 g/mol. The second-order valence-corrected chi connectivity index (χ2v) is 8.63. The van der Waals surface area contributed by atoms with Crippen molar-refractivity contribution in [2.75, 3.05) is 13.2 Å². The number of nitriles is 1. The van der Waals surface area contributed by atoms with Gasteiger partial charge in [0, 0.05) is 29.4 Å². The van der Waals surface area contributed by atoms with Gasteiger partial charge >= 0.3 is 0 Å². The van der Waals surface area contributed by atoms with Crippen molar-refractivity contribution < 1.29 is 14.3 Å². The summed E-state index contributed by atoms with van der Waals surface area (Å²) in [4.78, 5) is 27.2. The Morgan fingerprint density at radius 3 is 2.50 bits per heavy atom. The highest BCUT2D eigenvalue weighted by Crippen LogP contribution is 2.34. The van der Waals surface area contributed by atoms with Crippen molar-refractivity contribution in [1.29, 1.82) is 5.26 Å². The lowest BCUT2D eigenvalue weighted by molar-refractivity contribution is -0.140. The molecule has 36 heavy (non-hydrogen) atoms. The molecule has 0 bridgehead atoms. The summed E-state index contributed by atoms with van der Waals surface area (Å²) < 4.78 is 7.28. The van der Waals surface area contributed by atoms with E-state index in [2.05, 4.69) is 0 Å². The van der Waals surface area contributed by atoms with Crippen LogP contribution in [0.3, 0.4) is 0 Å². The second-order valence-electron chi connectivity index (χ2n) is 8.22. The maximum atomic E-state index is 13.3. The number of halogens is 1. The molecule has 0 aliphatic carbocycles. The fourth-order valence-corrected chi connectivity index (χ4v) is 4.30. The van der Waals surface area contributed by atoms with E-state index < -0.39 is 11.8 Å². The standard InChI is InChI=1S/C28H25ClN4O3/c1-4-13-32-27(34)22(18(3)23(16-30)28(32)35)14-20-17-33(21-9-7-6-8-10-21)31-26(20)19-11-12-25(36-5-2)24(29)15-19/h6-12,14-15,17H,4-5,13H2,1-3H3/b22-14+. The Morgan fingerprint density at radius 2 is 1.86 bits per heavy atom. The Bertz CT molecular complexity index is 1430. The zero-order valence-electron chi connectivity index (χ0n) is 20.3. The quantitative estimate of drug-likeness (QED) is 0.311. The lowest BCUT2D eigenvalue weighted by Crippen LogP contribution is -2.43. The number of hydrogen-bond donors (Lipinski definition) is 0. The first-order chi connectivity index (χ1) is 17.4. The first-order valence-corrected chi connectivity index (χ1v) is 12.0. The monoisotopic (exact) mass is 500 g/mol. The Hall–Kier alpha value is -4.15. The van der Waals surface area contributed by atoms with Gasteiger partial charge in [0.1, 0.15) is 23.1 Å². The average Bonchev–Trinajstić information content (AvgIpc) is 3.30. The normalized spacial score (nSPS) is 15.0. The lowest BCUT2D eigenvalue weighted by atomic mass is 9.93. The van der Waals surface area contributed by atoms with Crippen LogP contribution in [0.4, 0.5) is 0 Å². The maximum absolute atomic E-state index is 13.3. The van der Waals surface area contributed by atoms with Crippen LogP contribution < -0.4 is 4.74 Å². The van der Waals surface area contributed by atoms with Gasteiger partial charge in [-0.3, -0.25) is 14.5 Å². The number of benzene rings is 2. The second kappa shape index (κ2) is 10.6. The number of nitrogens with zero attached hydrogens (tertiary/aromatic N) is 4. The van der Waals surface area contributed by atoms with Crippen LogP contribution in [0, 0.1) is 11.3 Å². The molecular formula is C28H25ClN4O3. The fourth-order valence-electron chi connectivity index (χ4n) is 4.06. The van der Waals surface area contributed by atoms with E-state index in [1.807, 2.05) is 62.5 Å². The molecule has 3 aromatic rings. The van der Waals surface area contributed by atoms with E-state index in [0.717, 1.165) is 16.2 Å². The minimum Gasteiger partial charge on any atom is -0.492 e. The molecule has 1 aliphatic heterocycles. The average molecular weight is 501 g/mol. The van der Waals surface area contributed by atoms with Crippen LogP contribution in [0.1, 0.15) is 32.8 Å². The fraction of sp³-hybridized carbons (Fsp3) is 0.214. The number of hydrogen-bond acceptors (Lipinski definition) is 5. The SMILES string of the molecule is CCCN1C(=O)C(C#N)=C(C)/C(=C\c2cn(-c3ccccc3)nc2-c2ccc(OCC)c(Cl)c2)C1=O. The predicted molar refractivity (Wildman–Crippen MR) is 138 cm³/mol. The minimum absolute atomic E-state index is 0.0320. The van der Waals surface area contributed by atoms with Crippen LogP contribution in [0.15, 0.2) is 71.4 Å². The molecule has 8 heteroatoms. The molecule has 0 unspecified atom stereocenters. The van der Waals surface area contributed by atoms with E-state index in [1.165, 1.54) is 0 Å². The van der Waals surface area contributed by atoms with Gasteiger partial charge in [0.25, 0.3) is 11.8 Å². The van der Waals surface area contributed by atoms with Crippen molar-refractivity contribution >= 4 is 29.5 Å². The smallest absolute Gasteiger partial charge is 0.271 e. The van der Waals surface area contributed by atoms with Crippen LogP contribution in [0.5, 0.6) is 5.75 Å². The van der Waals surface area contributed by atoms with Gasteiger partial charge in [-0.15, -0.1) is 0 Å². The highest BCUT2D eigenvalue weighted by atomic mass is 35.5. The molecule has 2 heterocycles. The number of para-hydroxylation sites is 1. The number of carbonyl (C=O) groups is 2. The van der Waals surface area contributed by atoms with Crippen LogP contribution in [0.25, 0.3) is 23.0 Å². The van der Waals surface area contributed by atoms with Gasteiger partial charge in [0.15, 0.2) is 0 Å². The predicted octanol–water partition coefficient (Wildman–Crippen LogP) is 5.59. The highest BCUT2D eigenvalue weighted by Gasteiger charge is 2.35. The molecule has 0 atom stereocenters. The van der Waals surface area contributed by atoms with Gasteiger partial charge in [0.2, 0.25) is 0 Å². The number of carbonyl (C=O) groups excluding carboxylic acids is 2. The largest absolute Gasteiger partial charge is 0.492 e. The van der Waals surface area contributed by atoms with Gasteiger partial charge < -0.3 is 4.74 Å². The molecule has 0 N–H and O–H groups in total. The van der Waals surface area contributed by atoms with Gasteiger partial charge in [-0.2, -0.15) is 10.4 Å². The molecule has 1 aromatic heterocycles. The zero-order chi connectivity index (χ0) is 25.8. The van der Waals surface area contributed by atoms with Crippen molar-refractivity contribution in [3.05, 3.63) is 82.0 Å². The molecule has 0 radical (unpaired) electrons. The molecule has 2 aromatic carbocycles. The van der Waals surface area contributed by atoms with Crippen molar-refractivity contribution in [2.24, 2.45) is 0 Å². The third-order valence-electron chi connectivity index (χ3n) is 5.84. The Kier molecular flexibility index (Phi) is 7.37. The number of amides is 2. The third kappa shape index (κ3) is 4.68. The van der Waals surface area contributed by atoms with E-state index >= 15 is 0 Å². The highest BCUT2D eigenvalue weighted by molar-refractivity contribution is 6.32. The van der Waals surface area contributed by atoms with Gasteiger partial charge in [-0.05, 0) is 62.2 Å². The molecule has 4 rings (SSSR count). The van der Waals surface area contributed by atoms with E-state index in [-0.39, 0.29) is 17.7 Å². The summed E-state index contributed by atoms with van der Waals surface area (Å²) in [5.41, 5.74) is 3.41. The van der Waals surface area contributed by atoms with Gasteiger partial charge in [0.05, 0.1) is 17.3 Å². The Balaban J connectivity index is 1.91. The van der Waals surface area contributed by atoms with Crippen molar-refractivity contribution in [2.45, 2.75) is 27.2 Å². The van der Waals surface area contributed by atoms with E-state index in [4.69, 9.17) is 21.4 Å². The summed E-state index contributed by atoms with van der Waals surface area (Å²) in [7, 11) is 0. The maximum Gasteiger partial charge on any atom is 0.271 e. The summed E-state index contributed by atoms with van der Waals surface area (Å²) in [6.45, 7) is 6.10.